The number of nitrogens with zero attached hydrogens (tertiary/aromatic N) is 1. The third-order valence-electron chi connectivity index (χ3n) is 4.50. The molecule has 7 heteroatoms. The van der Waals surface area contributed by atoms with Crippen molar-refractivity contribution in [1.29, 1.82) is 0 Å². The number of likely N-dealkylation sites (N-methyl/N-ethyl adjacent to an activating group) is 1. The van der Waals surface area contributed by atoms with Gasteiger partial charge in [-0.1, -0.05) is 6.92 Å². The number of anilines is 2. The van der Waals surface area contributed by atoms with Gasteiger partial charge in [0, 0.05) is 17.9 Å². The number of hydrogen-bond acceptors (Lipinski definition) is 4. The average Bonchev–Trinajstić information content (AvgIpc) is 2.94. The summed E-state index contributed by atoms with van der Waals surface area (Å²) >= 11 is 0. The number of amides is 1. The van der Waals surface area contributed by atoms with Crippen molar-refractivity contribution in [3.8, 4) is 5.75 Å². The van der Waals surface area contributed by atoms with E-state index >= 15 is 0 Å². The van der Waals surface area contributed by atoms with Gasteiger partial charge in [-0.25, -0.2) is 8.42 Å². The fraction of sp³-hybridized carbons (Fsp3) is 0.350. The summed E-state index contributed by atoms with van der Waals surface area (Å²) < 4.78 is 33.7. The first-order valence-corrected chi connectivity index (χ1v) is 10.5. The highest BCUT2D eigenvalue weighted by Gasteiger charge is 2.26. The van der Waals surface area contributed by atoms with Gasteiger partial charge in [-0.2, -0.15) is 0 Å². The van der Waals surface area contributed by atoms with E-state index in [0.29, 0.717) is 31.0 Å². The Kier molecular flexibility index (Phi) is 5.41. The van der Waals surface area contributed by atoms with Crippen molar-refractivity contribution >= 4 is 27.3 Å². The fourth-order valence-electron chi connectivity index (χ4n) is 3.17. The zero-order chi connectivity index (χ0) is 19.6. The number of fused-ring (bicyclic) bond motifs is 1. The Hall–Kier alpha value is -2.54. The van der Waals surface area contributed by atoms with Gasteiger partial charge in [0.25, 0.3) is 10.0 Å². The zero-order valence-electron chi connectivity index (χ0n) is 15.8. The maximum Gasteiger partial charge on any atom is 0.261 e. The minimum Gasteiger partial charge on any atom is -0.493 e. The minimum absolute atomic E-state index is 0.0331. The van der Waals surface area contributed by atoms with Crippen molar-refractivity contribution < 1.29 is 17.9 Å². The summed E-state index contributed by atoms with van der Waals surface area (Å²) in [6, 6.07) is 10.0. The van der Waals surface area contributed by atoms with Gasteiger partial charge in [0.2, 0.25) is 5.91 Å². The van der Waals surface area contributed by atoms with Crippen LogP contribution in [0.4, 0.5) is 11.4 Å². The number of carbonyl (C=O) groups excluding carboxylic acids is 1. The second kappa shape index (κ2) is 7.60. The van der Waals surface area contributed by atoms with Gasteiger partial charge in [-0.05, 0) is 67.8 Å². The van der Waals surface area contributed by atoms with Crippen LogP contribution in [0.3, 0.4) is 0 Å². The van der Waals surface area contributed by atoms with Crippen LogP contribution in [0.5, 0.6) is 5.75 Å². The molecule has 0 bridgehead atoms. The first-order chi connectivity index (χ1) is 12.9. The molecule has 1 amide bonds. The molecular weight excluding hydrogens is 364 g/mol. The number of nitrogens with one attached hydrogen (secondary N) is 1. The maximum atomic E-state index is 12.7. The largest absolute Gasteiger partial charge is 0.493 e. The number of hydrogen-bond donors (Lipinski definition) is 1. The minimum atomic E-state index is -3.73. The predicted molar refractivity (Wildman–Crippen MR) is 106 cm³/mol. The van der Waals surface area contributed by atoms with Crippen LogP contribution in [0.25, 0.3) is 0 Å². The lowest BCUT2D eigenvalue weighted by atomic mass is 10.1. The lowest BCUT2D eigenvalue weighted by molar-refractivity contribution is -0.117. The molecular formula is C20H24N2O4S. The van der Waals surface area contributed by atoms with Gasteiger partial charge < -0.3 is 9.64 Å². The Morgan fingerprint density at radius 2 is 1.93 bits per heavy atom. The van der Waals surface area contributed by atoms with Crippen LogP contribution in [0, 0.1) is 6.92 Å². The highest BCUT2D eigenvalue weighted by atomic mass is 32.2. The van der Waals surface area contributed by atoms with Gasteiger partial charge in [0.15, 0.2) is 0 Å². The van der Waals surface area contributed by atoms with Crippen LogP contribution < -0.4 is 14.4 Å². The third kappa shape index (κ3) is 3.93. The number of rotatable bonds is 7. The second-order valence-corrected chi connectivity index (χ2v) is 8.22. The van der Waals surface area contributed by atoms with E-state index in [1.54, 1.807) is 35.2 Å². The molecule has 1 heterocycles. The monoisotopic (exact) mass is 388 g/mol. The third-order valence-corrected chi connectivity index (χ3v) is 5.88. The summed E-state index contributed by atoms with van der Waals surface area (Å²) in [7, 11) is -3.73. The van der Waals surface area contributed by atoms with Crippen LogP contribution >= 0.6 is 0 Å². The molecule has 0 aromatic heterocycles. The summed E-state index contributed by atoms with van der Waals surface area (Å²) in [5.41, 5.74) is 2.90. The van der Waals surface area contributed by atoms with E-state index in [9.17, 15) is 13.2 Å². The molecule has 1 aliphatic heterocycles. The summed E-state index contributed by atoms with van der Waals surface area (Å²) in [4.78, 5) is 13.9. The molecule has 0 atom stereocenters. The van der Waals surface area contributed by atoms with Crippen molar-refractivity contribution in [1.82, 2.24) is 0 Å². The Morgan fingerprint density at radius 1 is 1.15 bits per heavy atom. The highest BCUT2D eigenvalue weighted by Crippen LogP contribution is 2.32. The Labute approximate surface area is 160 Å². The standard InChI is InChI=1S/C20H24N2O4S/c1-4-10-26-19-9-7-17(11-14(19)3)27(24,25)21-16-6-8-18-15(12-16)13-20(23)22(18)5-2/h6-9,11-12,21H,4-5,10,13H2,1-3H3. The average molecular weight is 388 g/mol. The van der Waals surface area contributed by atoms with E-state index in [2.05, 4.69) is 4.72 Å². The van der Waals surface area contributed by atoms with Gasteiger partial charge in [0.05, 0.1) is 17.9 Å². The molecule has 27 heavy (non-hydrogen) atoms. The molecule has 144 valence electrons. The van der Waals surface area contributed by atoms with Crippen LogP contribution in [0.15, 0.2) is 41.3 Å². The van der Waals surface area contributed by atoms with Crippen LogP contribution in [0.1, 0.15) is 31.4 Å². The van der Waals surface area contributed by atoms with E-state index in [-0.39, 0.29) is 10.8 Å². The molecule has 0 fully saturated rings. The Bertz CT molecular complexity index is 970. The summed E-state index contributed by atoms with van der Waals surface area (Å²) in [6.45, 7) is 6.95. The van der Waals surface area contributed by atoms with E-state index in [1.807, 2.05) is 20.8 Å². The van der Waals surface area contributed by atoms with Gasteiger partial charge in [-0.15, -0.1) is 0 Å². The molecule has 0 saturated carbocycles. The lowest BCUT2D eigenvalue weighted by Crippen LogP contribution is -2.25. The second-order valence-electron chi connectivity index (χ2n) is 6.54. The first-order valence-electron chi connectivity index (χ1n) is 9.05. The number of aryl methyl sites for hydroxylation is 1. The topological polar surface area (TPSA) is 75.7 Å². The quantitative estimate of drug-likeness (QED) is 0.788. The van der Waals surface area contributed by atoms with Gasteiger partial charge >= 0.3 is 0 Å². The van der Waals surface area contributed by atoms with E-state index in [1.165, 1.54) is 6.07 Å². The van der Waals surface area contributed by atoms with Gasteiger partial charge in [0.1, 0.15) is 5.75 Å². The Balaban J connectivity index is 1.82. The SMILES string of the molecule is CCCOc1ccc(S(=O)(=O)Nc2ccc3c(c2)CC(=O)N3CC)cc1C. The summed E-state index contributed by atoms with van der Waals surface area (Å²) in [5, 5.41) is 0. The van der Waals surface area contributed by atoms with E-state index in [0.717, 1.165) is 23.2 Å². The maximum absolute atomic E-state index is 12.7. The van der Waals surface area contributed by atoms with Crippen molar-refractivity contribution in [2.45, 2.75) is 38.5 Å². The molecule has 0 spiro atoms. The van der Waals surface area contributed by atoms with Crippen molar-refractivity contribution in [3.05, 3.63) is 47.5 Å². The van der Waals surface area contributed by atoms with E-state index in [4.69, 9.17) is 4.74 Å². The molecule has 0 saturated heterocycles. The van der Waals surface area contributed by atoms with Crippen LogP contribution in [-0.2, 0) is 21.2 Å². The van der Waals surface area contributed by atoms with Crippen molar-refractivity contribution in [2.75, 3.05) is 22.8 Å². The molecule has 6 nitrogen and oxygen atoms in total. The molecule has 2 aromatic rings. The summed E-state index contributed by atoms with van der Waals surface area (Å²) in [6.07, 6.45) is 1.18. The van der Waals surface area contributed by atoms with Crippen LogP contribution in [0.2, 0.25) is 0 Å². The molecule has 0 unspecified atom stereocenters. The van der Waals surface area contributed by atoms with E-state index < -0.39 is 10.0 Å². The van der Waals surface area contributed by atoms with Crippen LogP contribution in [-0.4, -0.2) is 27.5 Å². The number of sulfonamides is 1. The fourth-order valence-corrected chi connectivity index (χ4v) is 4.30. The zero-order valence-corrected chi connectivity index (χ0v) is 16.6. The number of carbonyl (C=O) groups is 1. The molecule has 1 aliphatic rings. The smallest absolute Gasteiger partial charge is 0.261 e. The van der Waals surface area contributed by atoms with Crippen molar-refractivity contribution in [2.24, 2.45) is 0 Å². The molecule has 0 aliphatic carbocycles. The lowest BCUT2D eigenvalue weighted by Gasteiger charge is -2.15. The normalized spacial score (nSPS) is 13.6. The molecule has 0 radical (unpaired) electrons. The molecule has 2 aromatic carbocycles. The summed E-state index contributed by atoms with van der Waals surface area (Å²) in [5.74, 6) is 0.720. The number of ether oxygens (including phenoxy) is 1. The highest BCUT2D eigenvalue weighted by molar-refractivity contribution is 7.92. The molecule has 3 rings (SSSR count). The first kappa shape index (κ1) is 19.2. The Morgan fingerprint density at radius 3 is 2.59 bits per heavy atom. The van der Waals surface area contributed by atoms with Crippen molar-refractivity contribution in [3.63, 3.8) is 0 Å². The molecule has 1 N–H and O–H groups in total. The van der Waals surface area contributed by atoms with Gasteiger partial charge in [-0.3, -0.25) is 9.52 Å². The number of benzene rings is 2. The predicted octanol–water partition coefficient (Wildman–Crippen LogP) is 3.49.